The fourth-order valence-corrected chi connectivity index (χ4v) is 4.01. The largest absolute Gasteiger partial charge is 0.355 e. The Balaban J connectivity index is 1.60. The highest BCUT2D eigenvalue weighted by Crippen LogP contribution is 2.26. The Morgan fingerprint density at radius 3 is 2.80 bits per heavy atom. The summed E-state index contributed by atoms with van der Waals surface area (Å²) >= 11 is 0. The predicted octanol–water partition coefficient (Wildman–Crippen LogP) is 2.18. The Hall–Kier alpha value is -3.46. The zero-order valence-electron chi connectivity index (χ0n) is 16.8. The summed E-state index contributed by atoms with van der Waals surface area (Å²) in [6.45, 7) is 5.27. The van der Waals surface area contributed by atoms with Gasteiger partial charge in [-0.1, -0.05) is 0 Å². The normalized spacial score (nSPS) is 14.6. The Morgan fingerprint density at radius 1 is 1.20 bits per heavy atom. The number of hydrogen-bond donors (Lipinski definition) is 2. The third-order valence-corrected chi connectivity index (χ3v) is 5.46. The van der Waals surface area contributed by atoms with E-state index in [0.29, 0.717) is 16.9 Å². The van der Waals surface area contributed by atoms with Crippen molar-refractivity contribution in [2.75, 3.05) is 36.4 Å². The Morgan fingerprint density at radius 2 is 2.00 bits per heavy atom. The van der Waals surface area contributed by atoms with Crippen molar-refractivity contribution in [1.29, 1.82) is 0 Å². The Bertz CT molecular complexity index is 1320. The van der Waals surface area contributed by atoms with Crippen LogP contribution in [0.4, 0.5) is 21.7 Å². The summed E-state index contributed by atoms with van der Waals surface area (Å²) < 4.78 is 17.7. The summed E-state index contributed by atoms with van der Waals surface area (Å²) in [6.07, 6.45) is 5.14. The molecule has 1 aliphatic rings. The van der Waals surface area contributed by atoms with Crippen LogP contribution in [-0.2, 0) is 7.05 Å². The number of rotatable bonds is 3. The number of fused-ring (bicyclic) bond motifs is 2. The van der Waals surface area contributed by atoms with Crippen molar-refractivity contribution in [2.45, 2.75) is 6.92 Å². The first-order valence-electron chi connectivity index (χ1n) is 9.87. The summed E-state index contributed by atoms with van der Waals surface area (Å²) in [5, 5.41) is 7.71. The van der Waals surface area contributed by atoms with Crippen LogP contribution in [0.1, 0.15) is 5.69 Å². The molecule has 0 amide bonds. The predicted molar refractivity (Wildman–Crippen MR) is 115 cm³/mol. The molecule has 0 radical (unpaired) electrons. The second-order valence-electron chi connectivity index (χ2n) is 7.54. The van der Waals surface area contributed by atoms with Gasteiger partial charge in [-0.15, -0.1) is 0 Å². The molecule has 0 saturated carbocycles. The minimum Gasteiger partial charge on any atom is -0.355 e. The quantitative estimate of drug-likeness (QED) is 0.542. The summed E-state index contributed by atoms with van der Waals surface area (Å²) in [6, 6.07) is 5.20. The van der Waals surface area contributed by atoms with Gasteiger partial charge in [0.05, 0.1) is 16.8 Å². The van der Waals surface area contributed by atoms with Gasteiger partial charge in [-0.2, -0.15) is 0 Å². The highest BCUT2D eigenvalue weighted by atomic mass is 19.1. The van der Waals surface area contributed by atoms with E-state index in [-0.39, 0.29) is 11.2 Å². The number of hydrogen-bond acceptors (Lipinski definition) is 6. The van der Waals surface area contributed by atoms with Crippen LogP contribution in [0.5, 0.6) is 0 Å². The summed E-state index contributed by atoms with van der Waals surface area (Å²) in [5.41, 5.74) is 1.34. The van der Waals surface area contributed by atoms with Gasteiger partial charge in [-0.05, 0) is 24.4 Å². The maximum absolute atomic E-state index is 14.5. The number of aromatic nitrogens is 4. The van der Waals surface area contributed by atoms with Crippen molar-refractivity contribution >= 4 is 33.7 Å². The summed E-state index contributed by atoms with van der Waals surface area (Å²) in [5.74, 6) is 0.838. The van der Waals surface area contributed by atoms with Gasteiger partial charge in [0.2, 0.25) is 0 Å². The Kier molecular flexibility index (Phi) is 4.39. The van der Waals surface area contributed by atoms with Gasteiger partial charge in [0.25, 0.3) is 5.56 Å². The van der Waals surface area contributed by atoms with Crippen LogP contribution >= 0.6 is 0 Å². The van der Waals surface area contributed by atoms with E-state index >= 15 is 0 Å². The molecule has 1 aliphatic heterocycles. The van der Waals surface area contributed by atoms with E-state index in [2.05, 4.69) is 25.5 Å². The van der Waals surface area contributed by atoms with E-state index in [4.69, 9.17) is 0 Å². The number of anilines is 3. The zero-order valence-corrected chi connectivity index (χ0v) is 16.8. The van der Waals surface area contributed by atoms with Crippen molar-refractivity contribution in [2.24, 2.45) is 7.05 Å². The van der Waals surface area contributed by atoms with E-state index < -0.39 is 5.82 Å². The lowest BCUT2D eigenvalue weighted by Crippen LogP contribution is -2.45. The minimum atomic E-state index is -0.442. The van der Waals surface area contributed by atoms with E-state index in [0.717, 1.165) is 43.1 Å². The molecule has 0 spiro atoms. The highest BCUT2D eigenvalue weighted by Gasteiger charge is 2.18. The van der Waals surface area contributed by atoms with Crippen LogP contribution in [0.15, 0.2) is 41.6 Å². The standard InChI is InChI=1S/C21H22FN7O/c1-13-11-29-12-15(10-16(22)20(29)25-13)26-19-18-14(3-4-24-19)9-17(27(2)21(18)30)28-7-5-23-6-8-28/h3-4,9-12,23H,5-8H2,1-2H3,(H,24,26). The molecule has 30 heavy (non-hydrogen) atoms. The van der Waals surface area contributed by atoms with Crippen LogP contribution in [0.25, 0.3) is 16.4 Å². The molecule has 0 aliphatic carbocycles. The molecule has 154 valence electrons. The van der Waals surface area contributed by atoms with Gasteiger partial charge >= 0.3 is 0 Å². The van der Waals surface area contributed by atoms with Crippen molar-refractivity contribution in [3.05, 3.63) is 58.7 Å². The first kappa shape index (κ1) is 18.6. The molecule has 1 saturated heterocycles. The topological polar surface area (TPSA) is 79.5 Å². The van der Waals surface area contributed by atoms with Crippen LogP contribution in [0, 0.1) is 12.7 Å². The number of pyridine rings is 3. The number of nitrogens with zero attached hydrogens (tertiary/aromatic N) is 5. The lowest BCUT2D eigenvalue weighted by Gasteiger charge is -2.31. The molecular formula is C21H22FN7O. The maximum Gasteiger partial charge on any atom is 0.263 e. The Labute approximate surface area is 172 Å². The first-order valence-corrected chi connectivity index (χ1v) is 9.87. The van der Waals surface area contributed by atoms with Gasteiger partial charge in [0.1, 0.15) is 11.6 Å². The van der Waals surface area contributed by atoms with Gasteiger partial charge in [-0.3, -0.25) is 9.36 Å². The number of aryl methyl sites for hydroxylation is 1. The van der Waals surface area contributed by atoms with E-state index in [1.165, 1.54) is 6.07 Å². The number of piperazine rings is 1. The molecule has 0 aromatic carbocycles. The van der Waals surface area contributed by atoms with Gasteiger partial charge in [-0.25, -0.2) is 14.4 Å². The fourth-order valence-electron chi connectivity index (χ4n) is 4.01. The minimum absolute atomic E-state index is 0.142. The molecule has 0 unspecified atom stereocenters. The third kappa shape index (κ3) is 3.07. The number of nitrogens with one attached hydrogen (secondary N) is 2. The fraction of sp³-hybridized carbons (Fsp3) is 0.286. The molecule has 8 nitrogen and oxygen atoms in total. The maximum atomic E-state index is 14.5. The van der Waals surface area contributed by atoms with Gasteiger partial charge in [0, 0.05) is 57.9 Å². The molecule has 5 rings (SSSR count). The molecular weight excluding hydrogens is 385 g/mol. The van der Waals surface area contributed by atoms with E-state index in [1.54, 1.807) is 34.6 Å². The average Bonchev–Trinajstić information content (AvgIpc) is 3.12. The first-order chi connectivity index (χ1) is 14.5. The summed E-state index contributed by atoms with van der Waals surface area (Å²) in [4.78, 5) is 24.0. The molecule has 5 heterocycles. The highest BCUT2D eigenvalue weighted by molar-refractivity contribution is 5.94. The second-order valence-corrected chi connectivity index (χ2v) is 7.54. The average molecular weight is 407 g/mol. The molecule has 4 aromatic rings. The zero-order chi connectivity index (χ0) is 20.8. The SMILES string of the molecule is Cc1cn2cc(Nc3nccc4cc(N5CCNCC5)n(C)c(=O)c34)cc(F)c2n1. The van der Waals surface area contributed by atoms with Crippen molar-refractivity contribution in [3.63, 3.8) is 0 Å². The van der Waals surface area contributed by atoms with Gasteiger partial charge < -0.3 is 19.9 Å². The smallest absolute Gasteiger partial charge is 0.263 e. The van der Waals surface area contributed by atoms with Crippen molar-refractivity contribution in [1.82, 2.24) is 24.3 Å². The summed E-state index contributed by atoms with van der Waals surface area (Å²) in [7, 11) is 1.77. The van der Waals surface area contributed by atoms with E-state index in [9.17, 15) is 9.18 Å². The van der Waals surface area contributed by atoms with Crippen molar-refractivity contribution in [3.8, 4) is 0 Å². The molecule has 4 aromatic heterocycles. The molecule has 1 fully saturated rings. The van der Waals surface area contributed by atoms with Crippen LogP contribution in [-0.4, -0.2) is 45.1 Å². The lowest BCUT2D eigenvalue weighted by molar-refractivity contribution is 0.576. The number of imidazole rings is 1. The monoisotopic (exact) mass is 407 g/mol. The van der Waals surface area contributed by atoms with Crippen molar-refractivity contribution < 1.29 is 4.39 Å². The van der Waals surface area contributed by atoms with E-state index in [1.807, 2.05) is 19.1 Å². The lowest BCUT2D eigenvalue weighted by atomic mass is 10.2. The molecule has 0 atom stereocenters. The molecule has 2 N–H and O–H groups in total. The number of halogens is 1. The van der Waals surface area contributed by atoms with Gasteiger partial charge in [0.15, 0.2) is 11.5 Å². The third-order valence-electron chi connectivity index (χ3n) is 5.46. The van der Waals surface area contributed by atoms with Crippen LogP contribution in [0.3, 0.4) is 0 Å². The van der Waals surface area contributed by atoms with Crippen LogP contribution < -0.4 is 21.1 Å². The molecule has 9 heteroatoms. The molecule has 0 bridgehead atoms. The van der Waals surface area contributed by atoms with Crippen LogP contribution in [0.2, 0.25) is 0 Å². The second kappa shape index (κ2) is 7.10.